The number of pyridine rings is 1. The Balaban J connectivity index is 1.60. The maximum atomic E-state index is 12.5. The molecule has 2 aromatic rings. The van der Waals surface area contributed by atoms with E-state index >= 15 is 0 Å². The summed E-state index contributed by atoms with van der Waals surface area (Å²) in [4.78, 5) is 32.0. The predicted molar refractivity (Wildman–Crippen MR) is 113 cm³/mol. The van der Waals surface area contributed by atoms with E-state index in [0.29, 0.717) is 11.3 Å². The van der Waals surface area contributed by atoms with Gasteiger partial charge in [-0.1, -0.05) is 24.3 Å². The second kappa shape index (κ2) is 9.91. The van der Waals surface area contributed by atoms with Crippen LogP contribution >= 0.6 is 0 Å². The minimum atomic E-state index is -1.02. The lowest BCUT2D eigenvalue weighted by molar-refractivity contribution is -0.131. The highest BCUT2D eigenvalue weighted by Crippen LogP contribution is 2.12. The van der Waals surface area contributed by atoms with Gasteiger partial charge in [-0.3, -0.25) is 14.7 Å². The van der Waals surface area contributed by atoms with Crippen LogP contribution in [0, 0.1) is 0 Å². The van der Waals surface area contributed by atoms with Crippen LogP contribution in [0.5, 0.6) is 0 Å². The number of nitrogens with zero attached hydrogens (tertiary/aromatic N) is 3. The molecule has 1 aliphatic rings. The molecular formula is C23H25N3O3. The molecule has 29 heavy (non-hydrogen) atoms. The number of aliphatic carboxylic acids is 1. The molecular weight excluding hydrogens is 366 g/mol. The zero-order chi connectivity index (χ0) is 20.6. The fraction of sp³-hybridized carbons (Fsp3) is 0.261. The number of ketones is 1. The molecule has 0 spiro atoms. The first-order chi connectivity index (χ1) is 14.0. The molecule has 3 rings (SSSR count). The normalized spacial score (nSPS) is 15.9. The summed E-state index contributed by atoms with van der Waals surface area (Å²) in [7, 11) is 2.14. The Labute approximate surface area is 170 Å². The zero-order valence-corrected chi connectivity index (χ0v) is 16.5. The van der Waals surface area contributed by atoms with Gasteiger partial charge in [0.1, 0.15) is 0 Å². The Hall–Kier alpha value is -3.09. The molecule has 0 bridgehead atoms. The summed E-state index contributed by atoms with van der Waals surface area (Å²) < 4.78 is 0. The first kappa shape index (κ1) is 20.6. The molecule has 0 unspecified atom stereocenters. The Morgan fingerprint density at radius 2 is 1.86 bits per heavy atom. The van der Waals surface area contributed by atoms with E-state index < -0.39 is 5.97 Å². The molecule has 1 aromatic carbocycles. The molecule has 1 aliphatic heterocycles. The standard InChI is InChI=1S/C23H25N3O3/c1-25-11-13-26(14-12-25)17-19-3-2-4-20(15-19)22(27)9-6-18-5-7-21(24-16-18)8-10-23(28)29/h2-10,15-16H,11-14,17H2,1H3,(H,28,29). The molecule has 0 aliphatic carbocycles. The van der Waals surface area contributed by atoms with E-state index in [-0.39, 0.29) is 5.78 Å². The number of carbonyl (C=O) groups excluding carboxylic acids is 1. The third-order valence-corrected chi connectivity index (χ3v) is 4.85. The van der Waals surface area contributed by atoms with Crippen LogP contribution in [0.4, 0.5) is 0 Å². The smallest absolute Gasteiger partial charge is 0.328 e. The summed E-state index contributed by atoms with van der Waals surface area (Å²) in [5.41, 5.74) is 3.14. The van der Waals surface area contributed by atoms with Gasteiger partial charge in [-0.2, -0.15) is 0 Å². The fourth-order valence-electron chi connectivity index (χ4n) is 3.13. The SMILES string of the molecule is CN1CCN(Cc2cccc(C(=O)C=Cc3ccc(C=CC(=O)O)nc3)c2)CC1. The molecule has 6 heteroatoms. The lowest BCUT2D eigenvalue weighted by Crippen LogP contribution is -2.43. The molecule has 0 atom stereocenters. The number of aromatic nitrogens is 1. The van der Waals surface area contributed by atoms with Gasteiger partial charge < -0.3 is 10.0 Å². The van der Waals surface area contributed by atoms with E-state index in [1.54, 1.807) is 30.5 Å². The fourth-order valence-corrected chi connectivity index (χ4v) is 3.13. The molecule has 2 heterocycles. The molecule has 0 amide bonds. The van der Waals surface area contributed by atoms with Crippen molar-refractivity contribution in [2.75, 3.05) is 33.2 Å². The van der Waals surface area contributed by atoms with Crippen molar-refractivity contribution in [3.8, 4) is 0 Å². The Kier molecular flexibility index (Phi) is 7.05. The number of carbonyl (C=O) groups is 2. The summed E-state index contributed by atoms with van der Waals surface area (Å²) >= 11 is 0. The Morgan fingerprint density at radius 3 is 2.55 bits per heavy atom. The molecule has 1 N–H and O–H groups in total. The van der Waals surface area contributed by atoms with Crippen LogP contribution in [0.2, 0.25) is 0 Å². The number of allylic oxidation sites excluding steroid dienone is 1. The Bertz CT molecular complexity index is 911. The highest BCUT2D eigenvalue weighted by Gasteiger charge is 2.14. The van der Waals surface area contributed by atoms with Crippen LogP contribution in [0.3, 0.4) is 0 Å². The van der Waals surface area contributed by atoms with Crippen molar-refractivity contribution < 1.29 is 14.7 Å². The van der Waals surface area contributed by atoms with Gasteiger partial charge in [0.2, 0.25) is 0 Å². The van der Waals surface area contributed by atoms with Crippen molar-refractivity contribution in [1.82, 2.24) is 14.8 Å². The van der Waals surface area contributed by atoms with Crippen LogP contribution in [0.25, 0.3) is 12.2 Å². The average Bonchev–Trinajstić information content (AvgIpc) is 2.73. The van der Waals surface area contributed by atoms with E-state index in [1.165, 1.54) is 6.08 Å². The van der Waals surface area contributed by atoms with Gasteiger partial charge in [0.15, 0.2) is 5.78 Å². The van der Waals surface area contributed by atoms with Gasteiger partial charge in [0, 0.05) is 50.6 Å². The van der Waals surface area contributed by atoms with Crippen molar-refractivity contribution >= 4 is 23.9 Å². The number of hydrogen-bond acceptors (Lipinski definition) is 5. The average molecular weight is 391 g/mol. The highest BCUT2D eigenvalue weighted by molar-refractivity contribution is 6.06. The van der Waals surface area contributed by atoms with E-state index in [4.69, 9.17) is 5.11 Å². The molecule has 6 nitrogen and oxygen atoms in total. The maximum Gasteiger partial charge on any atom is 0.328 e. The minimum Gasteiger partial charge on any atom is -0.478 e. The molecule has 1 aromatic heterocycles. The topological polar surface area (TPSA) is 73.7 Å². The van der Waals surface area contributed by atoms with Gasteiger partial charge in [0.05, 0.1) is 5.69 Å². The minimum absolute atomic E-state index is 0.0555. The number of rotatable bonds is 7. The van der Waals surface area contributed by atoms with Crippen molar-refractivity contribution in [1.29, 1.82) is 0 Å². The lowest BCUT2D eigenvalue weighted by atomic mass is 10.1. The maximum absolute atomic E-state index is 12.5. The zero-order valence-electron chi connectivity index (χ0n) is 16.5. The molecule has 1 saturated heterocycles. The molecule has 1 fully saturated rings. The first-order valence-electron chi connectivity index (χ1n) is 9.59. The van der Waals surface area contributed by atoms with Gasteiger partial charge >= 0.3 is 5.97 Å². The van der Waals surface area contributed by atoms with Crippen LogP contribution < -0.4 is 0 Å². The Morgan fingerprint density at radius 1 is 1.07 bits per heavy atom. The van der Waals surface area contributed by atoms with E-state index in [9.17, 15) is 9.59 Å². The quantitative estimate of drug-likeness (QED) is 0.578. The van der Waals surface area contributed by atoms with Crippen molar-refractivity contribution in [2.45, 2.75) is 6.54 Å². The van der Waals surface area contributed by atoms with Crippen molar-refractivity contribution in [3.05, 3.63) is 77.1 Å². The predicted octanol–water partition coefficient (Wildman–Crippen LogP) is 2.82. The third kappa shape index (κ3) is 6.48. The largest absolute Gasteiger partial charge is 0.478 e. The van der Waals surface area contributed by atoms with Crippen LogP contribution in [0.15, 0.2) is 54.7 Å². The number of likely N-dealkylation sites (N-methyl/N-ethyl adjacent to an activating group) is 1. The number of carboxylic acid groups (broad SMARTS) is 1. The second-order valence-corrected chi connectivity index (χ2v) is 7.17. The van der Waals surface area contributed by atoms with Gasteiger partial charge in [0.25, 0.3) is 0 Å². The highest BCUT2D eigenvalue weighted by atomic mass is 16.4. The van der Waals surface area contributed by atoms with Gasteiger partial charge in [-0.25, -0.2) is 4.79 Å². The number of hydrogen-bond donors (Lipinski definition) is 1. The number of carboxylic acids is 1. The van der Waals surface area contributed by atoms with Crippen molar-refractivity contribution in [3.63, 3.8) is 0 Å². The molecule has 0 radical (unpaired) electrons. The van der Waals surface area contributed by atoms with Gasteiger partial charge in [-0.05, 0) is 48.5 Å². The van der Waals surface area contributed by atoms with E-state index in [1.807, 2.05) is 18.2 Å². The summed E-state index contributed by atoms with van der Waals surface area (Å²) in [6.45, 7) is 5.08. The third-order valence-electron chi connectivity index (χ3n) is 4.85. The molecule has 0 saturated carbocycles. The monoisotopic (exact) mass is 391 g/mol. The first-order valence-corrected chi connectivity index (χ1v) is 9.59. The van der Waals surface area contributed by atoms with Crippen molar-refractivity contribution in [2.24, 2.45) is 0 Å². The van der Waals surface area contributed by atoms with Gasteiger partial charge in [-0.15, -0.1) is 0 Å². The second-order valence-electron chi connectivity index (χ2n) is 7.17. The summed E-state index contributed by atoms with van der Waals surface area (Å²) in [5.74, 6) is -1.07. The molecule has 150 valence electrons. The summed E-state index contributed by atoms with van der Waals surface area (Å²) in [5, 5.41) is 8.64. The number of piperazine rings is 1. The lowest BCUT2D eigenvalue weighted by Gasteiger charge is -2.32. The summed E-state index contributed by atoms with van der Waals surface area (Å²) in [6.07, 6.45) is 7.32. The summed E-state index contributed by atoms with van der Waals surface area (Å²) in [6, 6.07) is 11.3. The van der Waals surface area contributed by atoms with Crippen LogP contribution in [-0.4, -0.2) is 64.9 Å². The van der Waals surface area contributed by atoms with Crippen LogP contribution in [-0.2, 0) is 11.3 Å². The van der Waals surface area contributed by atoms with E-state index in [0.717, 1.165) is 49.9 Å². The number of benzene rings is 1. The van der Waals surface area contributed by atoms with E-state index in [2.05, 4.69) is 27.9 Å². The van der Waals surface area contributed by atoms with Crippen LogP contribution in [0.1, 0.15) is 27.2 Å².